The van der Waals surface area contributed by atoms with E-state index in [2.05, 4.69) is 4.98 Å². The van der Waals surface area contributed by atoms with Gasteiger partial charge in [-0.2, -0.15) is 13.2 Å². The standard InChI is InChI=1S/C24H28F3N3O2/c25-24(26,27)19-14-21(28-20-5-2-1-4-18(19)20)29-12-3-10-23(15-29)11-13-30(22(23)32)16-6-8-17(31)9-7-16/h1-2,4-5,14,16-17,31H,3,6-13,15H2/t16-,17-,23-/m1/s1. The number of anilines is 1. The van der Waals surface area contributed by atoms with E-state index in [1.54, 1.807) is 18.2 Å². The Labute approximate surface area is 185 Å². The van der Waals surface area contributed by atoms with Crippen molar-refractivity contribution in [1.29, 1.82) is 0 Å². The lowest BCUT2D eigenvalue weighted by atomic mass is 9.78. The summed E-state index contributed by atoms with van der Waals surface area (Å²) in [5.41, 5.74) is -0.921. The van der Waals surface area contributed by atoms with Crippen LogP contribution in [0.3, 0.4) is 0 Å². The molecule has 3 heterocycles. The Morgan fingerprint density at radius 2 is 1.81 bits per heavy atom. The number of pyridine rings is 1. The maximum absolute atomic E-state index is 13.8. The predicted molar refractivity (Wildman–Crippen MR) is 115 cm³/mol. The minimum Gasteiger partial charge on any atom is -0.393 e. The Hall–Kier alpha value is -2.35. The molecule has 1 aliphatic carbocycles. The van der Waals surface area contributed by atoms with Gasteiger partial charge in [0.1, 0.15) is 5.82 Å². The van der Waals surface area contributed by atoms with E-state index in [0.717, 1.165) is 51.0 Å². The van der Waals surface area contributed by atoms with Crippen molar-refractivity contribution in [3.05, 3.63) is 35.9 Å². The number of nitrogens with zero attached hydrogens (tertiary/aromatic N) is 3. The van der Waals surface area contributed by atoms with Gasteiger partial charge < -0.3 is 14.9 Å². The number of alkyl halides is 3. The Morgan fingerprint density at radius 1 is 1.06 bits per heavy atom. The van der Waals surface area contributed by atoms with Crippen LogP contribution in [0.1, 0.15) is 50.5 Å². The van der Waals surface area contributed by atoms with Gasteiger partial charge in [0.15, 0.2) is 0 Å². The second-order valence-corrected chi connectivity index (χ2v) is 9.56. The summed E-state index contributed by atoms with van der Waals surface area (Å²) in [5, 5.41) is 9.89. The van der Waals surface area contributed by atoms with Gasteiger partial charge in [0.25, 0.3) is 0 Å². The number of benzene rings is 1. The van der Waals surface area contributed by atoms with Gasteiger partial charge in [-0.05, 0) is 57.1 Å². The summed E-state index contributed by atoms with van der Waals surface area (Å²) in [7, 11) is 0. The van der Waals surface area contributed by atoms with Crippen molar-refractivity contribution in [3.8, 4) is 0 Å². The van der Waals surface area contributed by atoms with Crippen LogP contribution in [-0.4, -0.2) is 52.7 Å². The zero-order valence-corrected chi connectivity index (χ0v) is 17.9. The molecule has 1 aromatic carbocycles. The summed E-state index contributed by atoms with van der Waals surface area (Å²) in [5.74, 6) is 0.419. The third-order valence-electron chi connectivity index (χ3n) is 7.56. The fourth-order valence-electron chi connectivity index (χ4n) is 5.83. The van der Waals surface area contributed by atoms with Gasteiger partial charge in [-0.3, -0.25) is 4.79 Å². The van der Waals surface area contributed by atoms with Crippen LogP contribution in [0.4, 0.5) is 19.0 Å². The quantitative estimate of drug-likeness (QED) is 0.743. The number of fused-ring (bicyclic) bond motifs is 1. The highest BCUT2D eigenvalue weighted by Gasteiger charge is 2.51. The summed E-state index contributed by atoms with van der Waals surface area (Å²) in [6, 6.07) is 7.64. The van der Waals surface area contributed by atoms with Gasteiger partial charge in [0.2, 0.25) is 5.91 Å². The molecule has 2 saturated heterocycles. The molecule has 5 rings (SSSR count). The van der Waals surface area contributed by atoms with Crippen molar-refractivity contribution in [3.63, 3.8) is 0 Å². The predicted octanol–water partition coefficient (Wildman–Crippen LogP) is 4.38. The van der Waals surface area contributed by atoms with Crippen LogP contribution >= 0.6 is 0 Å². The highest BCUT2D eigenvalue weighted by Crippen LogP contribution is 2.44. The number of hydrogen-bond acceptors (Lipinski definition) is 4. The topological polar surface area (TPSA) is 56.7 Å². The lowest BCUT2D eigenvalue weighted by molar-refractivity contribution is -0.139. The molecule has 2 aliphatic heterocycles. The molecule has 3 fully saturated rings. The van der Waals surface area contributed by atoms with Crippen LogP contribution in [0.5, 0.6) is 0 Å². The van der Waals surface area contributed by atoms with Gasteiger partial charge in [-0.15, -0.1) is 0 Å². The first-order valence-electron chi connectivity index (χ1n) is 11.5. The van der Waals surface area contributed by atoms with Crippen molar-refractivity contribution in [2.75, 3.05) is 24.5 Å². The fourth-order valence-corrected chi connectivity index (χ4v) is 5.83. The number of rotatable bonds is 2. The van der Waals surface area contributed by atoms with Crippen molar-refractivity contribution in [2.24, 2.45) is 5.41 Å². The molecular formula is C24H28F3N3O2. The Kier molecular flexibility index (Phi) is 5.31. The largest absolute Gasteiger partial charge is 0.417 e. The van der Waals surface area contributed by atoms with E-state index in [-0.39, 0.29) is 23.4 Å². The highest BCUT2D eigenvalue weighted by atomic mass is 19.4. The molecule has 2 aromatic rings. The molecule has 1 N–H and O–H groups in total. The number of aromatic nitrogens is 1. The number of aliphatic hydroxyl groups excluding tert-OH is 1. The Bertz CT molecular complexity index is 1020. The van der Waals surface area contributed by atoms with E-state index in [0.29, 0.717) is 31.0 Å². The van der Waals surface area contributed by atoms with Gasteiger partial charge >= 0.3 is 6.18 Å². The van der Waals surface area contributed by atoms with Gasteiger partial charge in [-0.25, -0.2) is 4.98 Å². The molecule has 5 nitrogen and oxygen atoms in total. The van der Waals surface area contributed by atoms with E-state index in [4.69, 9.17) is 0 Å². The van der Waals surface area contributed by atoms with Crippen LogP contribution in [0.25, 0.3) is 10.9 Å². The normalized spacial score (nSPS) is 29.3. The molecule has 8 heteroatoms. The summed E-state index contributed by atoms with van der Waals surface area (Å²) >= 11 is 0. The second kappa shape index (κ2) is 7.90. The number of likely N-dealkylation sites (tertiary alicyclic amines) is 1. The first kappa shape index (κ1) is 21.5. The van der Waals surface area contributed by atoms with Crippen molar-refractivity contribution >= 4 is 22.6 Å². The van der Waals surface area contributed by atoms with E-state index in [1.807, 2.05) is 9.80 Å². The van der Waals surface area contributed by atoms with Crippen LogP contribution < -0.4 is 4.90 Å². The molecule has 1 aromatic heterocycles. The second-order valence-electron chi connectivity index (χ2n) is 9.56. The number of para-hydroxylation sites is 1. The first-order chi connectivity index (χ1) is 15.3. The monoisotopic (exact) mass is 447 g/mol. The maximum Gasteiger partial charge on any atom is 0.417 e. The van der Waals surface area contributed by atoms with E-state index in [1.165, 1.54) is 6.07 Å². The smallest absolute Gasteiger partial charge is 0.393 e. The van der Waals surface area contributed by atoms with Crippen LogP contribution in [0.15, 0.2) is 30.3 Å². The molecule has 0 radical (unpaired) electrons. The molecule has 1 spiro atoms. The molecule has 0 unspecified atom stereocenters. The fraction of sp³-hybridized carbons (Fsp3) is 0.583. The molecular weight excluding hydrogens is 419 g/mol. The average molecular weight is 448 g/mol. The number of carbonyl (C=O) groups excluding carboxylic acids is 1. The molecule has 0 bridgehead atoms. The number of hydrogen-bond donors (Lipinski definition) is 1. The molecule has 32 heavy (non-hydrogen) atoms. The zero-order chi connectivity index (χ0) is 22.5. The summed E-state index contributed by atoms with van der Waals surface area (Å²) in [6.45, 7) is 1.68. The summed E-state index contributed by atoms with van der Waals surface area (Å²) in [6.07, 6.45) is 0.542. The molecule has 3 aliphatic rings. The summed E-state index contributed by atoms with van der Waals surface area (Å²) < 4.78 is 41.3. The van der Waals surface area contributed by atoms with Gasteiger partial charge in [0, 0.05) is 31.1 Å². The highest BCUT2D eigenvalue weighted by molar-refractivity contribution is 5.87. The van der Waals surface area contributed by atoms with Crippen molar-refractivity contribution in [1.82, 2.24) is 9.88 Å². The van der Waals surface area contributed by atoms with E-state index in [9.17, 15) is 23.1 Å². The van der Waals surface area contributed by atoms with Crippen LogP contribution in [0, 0.1) is 5.41 Å². The molecule has 172 valence electrons. The van der Waals surface area contributed by atoms with Crippen molar-refractivity contribution < 1.29 is 23.1 Å². The van der Waals surface area contributed by atoms with Gasteiger partial charge in [-0.1, -0.05) is 18.2 Å². The van der Waals surface area contributed by atoms with Crippen molar-refractivity contribution in [2.45, 2.75) is 63.3 Å². The first-order valence-corrected chi connectivity index (χ1v) is 11.5. The number of carbonyl (C=O) groups is 1. The number of halogens is 3. The third kappa shape index (κ3) is 3.72. The molecule has 1 amide bonds. The molecule has 1 saturated carbocycles. The number of piperidine rings is 1. The SMILES string of the molecule is O=C1N([C@H]2CC[C@H](O)CC2)CC[C@@]12CCCN(c1cc(C(F)(F)F)c3ccccc3n1)C2. The minimum absolute atomic E-state index is 0.0954. The summed E-state index contributed by atoms with van der Waals surface area (Å²) in [4.78, 5) is 21.9. The number of aliphatic hydroxyl groups is 1. The Morgan fingerprint density at radius 3 is 2.56 bits per heavy atom. The van der Waals surface area contributed by atoms with Crippen LogP contribution in [-0.2, 0) is 11.0 Å². The van der Waals surface area contributed by atoms with E-state index < -0.39 is 17.2 Å². The van der Waals surface area contributed by atoms with Crippen LogP contribution in [0.2, 0.25) is 0 Å². The Balaban J connectivity index is 1.42. The average Bonchev–Trinajstić information content (AvgIpc) is 3.08. The minimum atomic E-state index is -4.48. The zero-order valence-electron chi connectivity index (χ0n) is 17.9. The molecule has 1 atom stereocenters. The lowest BCUT2D eigenvalue weighted by Gasteiger charge is -2.41. The lowest BCUT2D eigenvalue weighted by Crippen LogP contribution is -2.50. The maximum atomic E-state index is 13.8. The number of amides is 1. The third-order valence-corrected chi connectivity index (χ3v) is 7.56. The van der Waals surface area contributed by atoms with E-state index >= 15 is 0 Å². The van der Waals surface area contributed by atoms with Gasteiger partial charge in [0.05, 0.1) is 22.6 Å².